The highest BCUT2D eigenvalue weighted by atomic mass is 16.5. The lowest BCUT2D eigenvalue weighted by molar-refractivity contribution is 0.102. The molecule has 0 radical (unpaired) electrons. The number of benzene rings is 2. The lowest BCUT2D eigenvalue weighted by Gasteiger charge is -2.10. The Hall–Kier alpha value is -3.81. The number of fused-ring (bicyclic) bond motifs is 1. The summed E-state index contributed by atoms with van der Waals surface area (Å²) in [6.07, 6.45) is 1.51. The molecule has 0 aliphatic carbocycles. The van der Waals surface area contributed by atoms with E-state index in [1.54, 1.807) is 30.0 Å². The van der Waals surface area contributed by atoms with Crippen LogP contribution < -0.4 is 10.1 Å². The normalized spacial score (nSPS) is 10.9. The number of carbonyl (C=O) groups excluding carboxylic acids is 1. The van der Waals surface area contributed by atoms with Crippen molar-refractivity contribution in [1.29, 1.82) is 0 Å². The molecule has 1 amide bonds. The Morgan fingerprint density at radius 2 is 2.07 bits per heavy atom. The van der Waals surface area contributed by atoms with Gasteiger partial charge in [-0.2, -0.15) is 10.2 Å². The first-order valence-electron chi connectivity index (χ1n) is 8.25. The molecule has 0 aliphatic rings. The molecule has 0 unspecified atom stereocenters. The van der Waals surface area contributed by atoms with Crippen molar-refractivity contribution in [2.24, 2.45) is 0 Å². The first-order valence-corrected chi connectivity index (χ1v) is 8.25. The number of ether oxygens (including phenoxy) is 1. The van der Waals surface area contributed by atoms with Crippen LogP contribution >= 0.6 is 0 Å². The van der Waals surface area contributed by atoms with E-state index in [-0.39, 0.29) is 11.7 Å². The molecule has 0 bridgehead atoms. The minimum atomic E-state index is -0.324. The predicted molar refractivity (Wildman–Crippen MR) is 101 cm³/mol. The highest BCUT2D eigenvalue weighted by molar-refractivity contribution is 6.08. The second-order valence-electron chi connectivity index (χ2n) is 5.98. The van der Waals surface area contributed by atoms with Crippen molar-refractivity contribution in [3.05, 3.63) is 59.9 Å². The van der Waals surface area contributed by atoms with Crippen LogP contribution in [0.2, 0.25) is 0 Å². The fourth-order valence-electron chi connectivity index (χ4n) is 2.96. The Labute approximate surface area is 154 Å². The molecule has 0 atom stereocenters. The zero-order valence-corrected chi connectivity index (χ0v) is 14.7. The fraction of sp³-hybridized carbons (Fsp3) is 0.105. The van der Waals surface area contributed by atoms with E-state index < -0.39 is 0 Å². The van der Waals surface area contributed by atoms with Crippen LogP contribution in [-0.4, -0.2) is 38.1 Å². The van der Waals surface area contributed by atoms with Gasteiger partial charge >= 0.3 is 0 Å². The molecule has 4 aromatic rings. The van der Waals surface area contributed by atoms with Gasteiger partial charge in [0.25, 0.3) is 5.91 Å². The summed E-state index contributed by atoms with van der Waals surface area (Å²) in [5.74, 6) is 0.848. The van der Waals surface area contributed by atoms with E-state index in [4.69, 9.17) is 4.74 Å². The number of methoxy groups -OCH3 is 1. The second kappa shape index (κ2) is 6.49. The monoisotopic (exact) mass is 363 g/mol. The third kappa shape index (κ3) is 2.86. The van der Waals surface area contributed by atoms with Crippen LogP contribution in [0.25, 0.3) is 16.6 Å². The summed E-state index contributed by atoms with van der Waals surface area (Å²) in [4.78, 5) is 12.7. The molecule has 0 fully saturated rings. The van der Waals surface area contributed by atoms with Crippen LogP contribution in [0.4, 0.5) is 5.82 Å². The van der Waals surface area contributed by atoms with Crippen LogP contribution in [0.15, 0.2) is 48.7 Å². The van der Waals surface area contributed by atoms with Gasteiger partial charge in [0.15, 0.2) is 5.82 Å². The third-order valence-electron chi connectivity index (χ3n) is 4.35. The van der Waals surface area contributed by atoms with Crippen molar-refractivity contribution >= 4 is 22.6 Å². The van der Waals surface area contributed by atoms with Crippen molar-refractivity contribution in [2.75, 3.05) is 12.4 Å². The molecule has 0 saturated heterocycles. The van der Waals surface area contributed by atoms with E-state index in [2.05, 4.69) is 20.6 Å². The number of H-pyrrole nitrogens is 1. The zero-order chi connectivity index (χ0) is 19.0. The van der Waals surface area contributed by atoms with E-state index in [1.165, 1.54) is 6.20 Å². The quantitative estimate of drug-likeness (QED) is 0.517. The van der Waals surface area contributed by atoms with Crippen molar-refractivity contribution in [3.63, 3.8) is 0 Å². The molecule has 2 aromatic heterocycles. The number of aromatic hydroxyl groups is 1. The van der Waals surface area contributed by atoms with Crippen LogP contribution in [-0.2, 0) is 0 Å². The molecule has 3 N–H and O–H groups in total. The van der Waals surface area contributed by atoms with Gasteiger partial charge in [0.2, 0.25) is 0 Å². The maximum Gasteiger partial charge on any atom is 0.260 e. The number of hydrogen-bond acceptors (Lipinski definition) is 5. The fourth-order valence-corrected chi connectivity index (χ4v) is 2.96. The molecular formula is C19H17N5O3. The van der Waals surface area contributed by atoms with Gasteiger partial charge in [0, 0.05) is 11.5 Å². The Bertz CT molecular complexity index is 1150. The number of amides is 1. The topological polar surface area (TPSA) is 105 Å². The minimum Gasteiger partial charge on any atom is -0.508 e. The van der Waals surface area contributed by atoms with Gasteiger partial charge in [-0.05, 0) is 31.2 Å². The van der Waals surface area contributed by atoms with Crippen LogP contribution in [0.5, 0.6) is 11.5 Å². The average molecular weight is 363 g/mol. The van der Waals surface area contributed by atoms with E-state index in [9.17, 15) is 9.90 Å². The third-order valence-corrected chi connectivity index (χ3v) is 4.35. The Morgan fingerprint density at radius 3 is 2.89 bits per heavy atom. The smallest absolute Gasteiger partial charge is 0.260 e. The molecule has 0 spiro atoms. The first kappa shape index (κ1) is 16.6. The lowest BCUT2D eigenvalue weighted by atomic mass is 10.2. The van der Waals surface area contributed by atoms with Crippen LogP contribution in [0.1, 0.15) is 16.1 Å². The molecule has 8 nitrogen and oxygen atoms in total. The van der Waals surface area contributed by atoms with Gasteiger partial charge in [-0.3, -0.25) is 9.89 Å². The van der Waals surface area contributed by atoms with E-state index in [0.717, 1.165) is 5.69 Å². The number of carbonyl (C=O) groups is 1. The molecule has 4 rings (SSSR count). The van der Waals surface area contributed by atoms with Crippen molar-refractivity contribution < 1.29 is 14.6 Å². The molecule has 0 aliphatic heterocycles. The summed E-state index contributed by atoms with van der Waals surface area (Å²) in [6.45, 7) is 1.81. The van der Waals surface area contributed by atoms with Crippen LogP contribution in [0, 0.1) is 6.92 Å². The Morgan fingerprint density at radius 1 is 1.26 bits per heavy atom. The number of phenols is 1. The van der Waals surface area contributed by atoms with Crippen LogP contribution in [0.3, 0.4) is 0 Å². The highest BCUT2D eigenvalue weighted by Gasteiger charge is 2.18. The summed E-state index contributed by atoms with van der Waals surface area (Å²) < 4.78 is 7.03. The predicted octanol–water partition coefficient (Wildman–Crippen LogP) is 3.02. The number of aromatic amines is 1. The standard InChI is InChI=1S/C19H17N5O3/c1-11-14(10-20-24(11)16-5-3-4-6-17(16)27-2)19(26)21-18-13-8-7-12(25)9-15(13)22-23-18/h3-10,25H,1-2H3,(H2,21,22,23,26). The summed E-state index contributed by atoms with van der Waals surface area (Å²) >= 11 is 0. The lowest BCUT2D eigenvalue weighted by Crippen LogP contribution is -2.13. The Balaban J connectivity index is 1.66. The second-order valence-corrected chi connectivity index (χ2v) is 5.98. The number of rotatable bonds is 4. The molecule has 27 heavy (non-hydrogen) atoms. The number of anilines is 1. The van der Waals surface area contributed by atoms with Crippen molar-refractivity contribution in [2.45, 2.75) is 6.92 Å². The number of hydrogen-bond donors (Lipinski definition) is 3. The Kier molecular flexibility index (Phi) is 4.00. The summed E-state index contributed by atoms with van der Waals surface area (Å²) in [5.41, 5.74) is 2.48. The highest BCUT2D eigenvalue weighted by Crippen LogP contribution is 2.26. The first-order chi connectivity index (χ1) is 13.1. The summed E-state index contributed by atoms with van der Waals surface area (Å²) in [6, 6.07) is 12.2. The van der Waals surface area contributed by atoms with Crippen molar-refractivity contribution in [3.8, 4) is 17.2 Å². The van der Waals surface area contributed by atoms with Gasteiger partial charge in [-0.1, -0.05) is 12.1 Å². The minimum absolute atomic E-state index is 0.123. The molecule has 136 valence electrons. The maximum absolute atomic E-state index is 12.7. The van der Waals surface area contributed by atoms with Gasteiger partial charge in [-0.25, -0.2) is 4.68 Å². The van der Waals surface area contributed by atoms with Gasteiger partial charge in [-0.15, -0.1) is 0 Å². The van der Waals surface area contributed by atoms with Gasteiger partial charge in [0.1, 0.15) is 17.2 Å². The van der Waals surface area contributed by atoms with Gasteiger partial charge < -0.3 is 15.2 Å². The summed E-state index contributed by atoms with van der Waals surface area (Å²) in [5, 5.41) is 24.3. The molecule has 2 heterocycles. The molecule has 8 heteroatoms. The summed E-state index contributed by atoms with van der Waals surface area (Å²) in [7, 11) is 1.59. The largest absolute Gasteiger partial charge is 0.508 e. The number of nitrogens with one attached hydrogen (secondary N) is 2. The SMILES string of the molecule is COc1ccccc1-n1ncc(C(=O)Nc2n[nH]c3cc(O)ccc23)c1C. The number of nitrogens with zero attached hydrogens (tertiary/aromatic N) is 3. The molecule has 0 saturated carbocycles. The average Bonchev–Trinajstić information content (AvgIpc) is 3.24. The maximum atomic E-state index is 12.7. The zero-order valence-electron chi connectivity index (χ0n) is 14.7. The number of para-hydroxylation sites is 2. The molecular weight excluding hydrogens is 346 g/mol. The van der Waals surface area contributed by atoms with E-state index in [0.29, 0.717) is 33.7 Å². The number of phenolic OH excluding ortho intramolecular Hbond substituents is 1. The van der Waals surface area contributed by atoms with E-state index in [1.807, 2.05) is 31.2 Å². The van der Waals surface area contributed by atoms with Crippen molar-refractivity contribution in [1.82, 2.24) is 20.0 Å². The molecule has 2 aromatic carbocycles. The number of aromatic nitrogens is 4. The van der Waals surface area contributed by atoms with Gasteiger partial charge in [0.05, 0.1) is 30.1 Å². The van der Waals surface area contributed by atoms with E-state index >= 15 is 0 Å².